The van der Waals surface area contributed by atoms with Gasteiger partial charge in [-0.25, -0.2) is 0 Å². The van der Waals surface area contributed by atoms with Gasteiger partial charge in [-0.3, -0.25) is 9.48 Å². The molecule has 1 N–H and O–H groups in total. The standard InChI is InChI=1S/C18H28N6O/c1-13-15(14(2)23(3)22-13)8-9-18(25)19-11-10-17-21-20-16-7-5-4-6-12-24(16)17/h4-12H2,1-3H3,(H,19,25). The van der Waals surface area contributed by atoms with Gasteiger partial charge in [-0.1, -0.05) is 6.42 Å². The van der Waals surface area contributed by atoms with E-state index in [9.17, 15) is 4.79 Å². The van der Waals surface area contributed by atoms with Crippen molar-refractivity contribution in [1.82, 2.24) is 29.9 Å². The van der Waals surface area contributed by atoms with Gasteiger partial charge in [-0.05, 0) is 38.7 Å². The van der Waals surface area contributed by atoms with Crippen LogP contribution in [0.1, 0.15) is 54.3 Å². The molecule has 0 aliphatic carbocycles. The molecule has 3 rings (SSSR count). The minimum atomic E-state index is 0.0817. The fourth-order valence-corrected chi connectivity index (χ4v) is 3.55. The number of aryl methyl sites for hydroxylation is 3. The molecule has 0 aromatic carbocycles. The highest BCUT2D eigenvalue weighted by molar-refractivity contribution is 5.76. The molecule has 1 amide bonds. The summed E-state index contributed by atoms with van der Waals surface area (Å²) < 4.78 is 4.11. The van der Waals surface area contributed by atoms with Gasteiger partial charge in [-0.15, -0.1) is 10.2 Å². The lowest BCUT2D eigenvalue weighted by molar-refractivity contribution is -0.121. The van der Waals surface area contributed by atoms with Crippen molar-refractivity contribution in [2.75, 3.05) is 6.54 Å². The summed E-state index contributed by atoms with van der Waals surface area (Å²) in [6.07, 6.45) is 6.62. The molecule has 1 aliphatic heterocycles. The van der Waals surface area contributed by atoms with Crippen molar-refractivity contribution in [3.8, 4) is 0 Å². The molecule has 0 saturated carbocycles. The van der Waals surface area contributed by atoms with E-state index in [2.05, 4.69) is 25.2 Å². The first-order valence-electron chi connectivity index (χ1n) is 9.23. The van der Waals surface area contributed by atoms with Gasteiger partial charge in [0.15, 0.2) is 0 Å². The molecule has 25 heavy (non-hydrogen) atoms. The lowest BCUT2D eigenvalue weighted by Crippen LogP contribution is -2.27. The van der Waals surface area contributed by atoms with Crippen LogP contribution in [0, 0.1) is 13.8 Å². The number of fused-ring (bicyclic) bond motifs is 1. The minimum absolute atomic E-state index is 0.0817. The van der Waals surface area contributed by atoms with E-state index in [0.717, 1.165) is 48.8 Å². The maximum Gasteiger partial charge on any atom is 0.220 e. The molecule has 0 unspecified atom stereocenters. The second-order valence-corrected chi connectivity index (χ2v) is 6.87. The maximum atomic E-state index is 12.1. The van der Waals surface area contributed by atoms with Gasteiger partial charge >= 0.3 is 0 Å². The molecule has 0 saturated heterocycles. The summed E-state index contributed by atoms with van der Waals surface area (Å²) in [6, 6.07) is 0. The van der Waals surface area contributed by atoms with Crippen LogP contribution >= 0.6 is 0 Å². The van der Waals surface area contributed by atoms with E-state index in [-0.39, 0.29) is 5.91 Å². The molecular weight excluding hydrogens is 316 g/mol. The summed E-state index contributed by atoms with van der Waals surface area (Å²) in [5, 5.41) is 16.0. The zero-order chi connectivity index (χ0) is 17.8. The largest absolute Gasteiger partial charge is 0.356 e. The average molecular weight is 344 g/mol. The Morgan fingerprint density at radius 2 is 2.00 bits per heavy atom. The number of carbonyl (C=O) groups is 1. The van der Waals surface area contributed by atoms with Crippen molar-refractivity contribution in [2.24, 2.45) is 7.05 Å². The van der Waals surface area contributed by atoms with Crippen LogP contribution in [0.5, 0.6) is 0 Å². The number of nitrogens with zero attached hydrogens (tertiary/aromatic N) is 5. The van der Waals surface area contributed by atoms with Crippen LogP contribution in [0.3, 0.4) is 0 Å². The van der Waals surface area contributed by atoms with Crippen LogP contribution in [0.15, 0.2) is 0 Å². The Hall–Kier alpha value is -2.18. The molecule has 3 heterocycles. The highest BCUT2D eigenvalue weighted by Gasteiger charge is 2.15. The van der Waals surface area contributed by atoms with Crippen LogP contribution in [-0.4, -0.2) is 37.0 Å². The van der Waals surface area contributed by atoms with Gasteiger partial charge in [0.2, 0.25) is 5.91 Å². The fourth-order valence-electron chi connectivity index (χ4n) is 3.55. The molecule has 2 aromatic rings. The minimum Gasteiger partial charge on any atom is -0.356 e. The van der Waals surface area contributed by atoms with E-state index < -0.39 is 0 Å². The Labute approximate surface area is 148 Å². The normalized spacial score (nSPS) is 14.2. The van der Waals surface area contributed by atoms with E-state index >= 15 is 0 Å². The predicted molar refractivity (Wildman–Crippen MR) is 95.3 cm³/mol. The first kappa shape index (κ1) is 17.6. The second-order valence-electron chi connectivity index (χ2n) is 6.87. The van der Waals surface area contributed by atoms with Crippen LogP contribution in [-0.2, 0) is 37.6 Å². The van der Waals surface area contributed by atoms with Crippen molar-refractivity contribution in [3.63, 3.8) is 0 Å². The van der Waals surface area contributed by atoms with Gasteiger partial charge in [0, 0.05) is 45.1 Å². The molecule has 0 radical (unpaired) electrons. The van der Waals surface area contributed by atoms with E-state index in [0.29, 0.717) is 13.0 Å². The second kappa shape index (κ2) is 7.80. The predicted octanol–water partition coefficient (Wildman–Crippen LogP) is 1.65. The van der Waals surface area contributed by atoms with E-state index in [1.165, 1.54) is 24.8 Å². The number of aromatic nitrogens is 5. The molecule has 1 aliphatic rings. The third-order valence-corrected chi connectivity index (χ3v) is 5.12. The molecule has 7 nitrogen and oxygen atoms in total. The third kappa shape index (κ3) is 4.08. The third-order valence-electron chi connectivity index (χ3n) is 5.12. The monoisotopic (exact) mass is 344 g/mol. The fraction of sp³-hybridized carbons (Fsp3) is 0.667. The van der Waals surface area contributed by atoms with E-state index in [1.807, 2.05) is 25.6 Å². The number of hydrogen-bond acceptors (Lipinski definition) is 4. The lowest BCUT2D eigenvalue weighted by atomic mass is 10.1. The van der Waals surface area contributed by atoms with Crippen LogP contribution in [0.25, 0.3) is 0 Å². The summed E-state index contributed by atoms with van der Waals surface area (Å²) in [4.78, 5) is 12.1. The summed E-state index contributed by atoms with van der Waals surface area (Å²) in [5.41, 5.74) is 3.33. The molecule has 0 fully saturated rings. The van der Waals surface area contributed by atoms with E-state index in [4.69, 9.17) is 0 Å². The Morgan fingerprint density at radius 3 is 2.76 bits per heavy atom. The van der Waals surface area contributed by atoms with Gasteiger partial charge < -0.3 is 9.88 Å². The smallest absolute Gasteiger partial charge is 0.220 e. The van der Waals surface area contributed by atoms with Crippen molar-refractivity contribution in [2.45, 2.75) is 65.3 Å². The number of rotatable bonds is 6. The number of carbonyl (C=O) groups excluding carboxylic acids is 1. The molecule has 136 valence electrons. The van der Waals surface area contributed by atoms with Gasteiger partial charge in [0.25, 0.3) is 0 Å². The molecule has 2 aromatic heterocycles. The Balaban J connectivity index is 1.46. The van der Waals surface area contributed by atoms with Crippen molar-refractivity contribution < 1.29 is 4.79 Å². The number of amides is 1. The summed E-state index contributed by atoms with van der Waals surface area (Å²) in [6.45, 7) is 5.66. The van der Waals surface area contributed by atoms with E-state index in [1.54, 1.807) is 0 Å². The summed E-state index contributed by atoms with van der Waals surface area (Å²) in [7, 11) is 1.94. The molecule has 0 spiro atoms. The molecule has 0 atom stereocenters. The Bertz CT molecular complexity index is 745. The van der Waals surface area contributed by atoms with Crippen molar-refractivity contribution in [1.29, 1.82) is 0 Å². The van der Waals surface area contributed by atoms with Crippen molar-refractivity contribution in [3.05, 3.63) is 28.6 Å². The molecule has 0 bridgehead atoms. The van der Waals surface area contributed by atoms with Crippen LogP contribution < -0.4 is 5.32 Å². The highest BCUT2D eigenvalue weighted by atomic mass is 16.1. The first-order chi connectivity index (χ1) is 12.1. The topological polar surface area (TPSA) is 77.6 Å². The SMILES string of the molecule is Cc1nn(C)c(C)c1CCC(=O)NCCc1nnc2n1CCCCC2. The highest BCUT2D eigenvalue weighted by Crippen LogP contribution is 2.15. The van der Waals surface area contributed by atoms with Gasteiger partial charge in [0.05, 0.1) is 5.69 Å². The van der Waals surface area contributed by atoms with Crippen molar-refractivity contribution >= 4 is 5.91 Å². The number of hydrogen-bond donors (Lipinski definition) is 1. The summed E-state index contributed by atoms with van der Waals surface area (Å²) in [5.74, 6) is 2.18. The van der Waals surface area contributed by atoms with Crippen LogP contribution in [0.4, 0.5) is 0 Å². The summed E-state index contributed by atoms with van der Waals surface area (Å²) >= 11 is 0. The van der Waals surface area contributed by atoms with Gasteiger partial charge in [-0.2, -0.15) is 5.10 Å². The molecule has 7 heteroatoms. The lowest BCUT2D eigenvalue weighted by Gasteiger charge is -2.08. The Kier molecular flexibility index (Phi) is 5.50. The first-order valence-corrected chi connectivity index (χ1v) is 9.23. The average Bonchev–Trinajstić information content (AvgIpc) is 2.96. The zero-order valence-electron chi connectivity index (χ0n) is 15.5. The van der Waals surface area contributed by atoms with Crippen LogP contribution in [0.2, 0.25) is 0 Å². The van der Waals surface area contributed by atoms with Gasteiger partial charge in [0.1, 0.15) is 11.6 Å². The molecular formula is C18H28N6O. The Morgan fingerprint density at radius 1 is 1.16 bits per heavy atom. The maximum absolute atomic E-state index is 12.1. The zero-order valence-corrected chi connectivity index (χ0v) is 15.5. The quantitative estimate of drug-likeness (QED) is 0.864. The number of nitrogens with one attached hydrogen (secondary N) is 1.